The summed E-state index contributed by atoms with van der Waals surface area (Å²) in [7, 11) is 0. The van der Waals surface area contributed by atoms with Crippen molar-refractivity contribution in [2.45, 2.75) is 0 Å². The first-order valence-corrected chi connectivity index (χ1v) is 8.06. The maximum Gasteiger partial charge on any atom is 0.342 e. The minimum atomic E-state index is -1.56. The largest absolute Gasteiger partial charge is 0.478 e. The predicted molar refractivity (Wildman–Crippen MR) is 101 cm³/mol. The van der Waals surface area contributed by atoms with Crippen LogP contribution in [-0.2, 0) is 0 Å². The number of halogens is 1. The Morgan fingerprint density at radius 1 is 0.889 bits per heavy atom. The quantitative estimate of drug-likeness (QED) is 0.545. The van der Waals surface area contributed by atoms with Gasteiger partial charge in [0.1, 0.15) is 16.9 Å². The first-order valence-electron chi connectivity index (χ1n) is 7.69. The fourth-order valence-corrected chi connectivity index (χ4v) is 3.02. The number of nitrogens with one attached hydrogen (secondary N) is 1. The molecule has 0 amide bonds. The van der Waals surface area contributed by atoms with Gasteiger partial charge in [0, 0.05) is 10.6 Å². The topological polar surface area (TPSA) is 133 Å². The summed E-state index contributed by atoms with van der Waals surface area (Å²) >= 11 is 5.91. The van der Waals surface area contributed by atoms with Crippen LogP contribution in [0, 0.1) is 0 Å². The van der Waals surface area contributed by atoms with E-state index in [4.69, 9.17) is 17.3 Å². The maximum absolute atomic E-state index is 12.2. The van der Waals surface area contributed by atoms with Crippen LogP contribution in [0.4, 0.5) is 5.82 Å². The van der Waals surface area contributed by atoms with E-state index in [1.807, 2.05) is 0 Å². The van der Waals surface area contributed by atoms with Crippen LogP contribution in [0.1, 0.15) is 20.7 Å². The van der Waals surface area contributed by atoms with E-state index in [2.05, 4.69) is 4.98 Å². The lowest BCUT2D eigenvalue weighted by molar-refractivity contribution is 0.0695. The summed E-state index contributed by atoms with van der Waals surface area (Å²) < 4.78 is 0. The Bertz CT molecular complexity index is 1120. The lowest BCUT2D eigenvalue weighted by Crippen LogP contribution is -2.24. The van der Waals surface area contributed by atoms with E-state index in [1.165, 1.54) is 6.07 Å². The molecular weight excluding hydrogens is 372 g/mol. The van der Waals surface area contributed by atoms with Gasteiger partial charge in [0.15, 0.2) is 0 Å². The molecule has 0 aliphatic heterocycles. The number of carbonyl (C=O) groups is 2. The second-order valence-electron chi connectivity index (χ2n) is 5.66. The number of carboxylic acid groups (broad SMARTS) is 2. The standard InChI is InChI=1S/C19H13ClN2O5/c20-10-7-5-9(6-8-10)11-3-1-2-4-12(11)13-14(18(24)25)16(21)22-17(23)15(13)19(26)27/h1-8H,(H,24,25)(H,26,27)(H3,21,22,23). The Labute approximate surface area is 157 Å². The Hall–Kier alpha value is -3.58. The number of hydrogen-bond acceptors (Lipinski definition) is 4. The highest BCUT2D eigenvalue weighted by Gasteiger charge is 2.27. The number of aromatic carboxylic acids is 2. The molecule has 0 saturated carbocycles. The molecule has 7 nitrogen and oxygen atoms in total. The Morgan fingerprint density at radius 3 is 2.00 bits per heavy atom. The van der Waals surface area contributed by atoms with Crippen molar-refractivity contribution in [2.24, 2.45) is 0 Å². The van der Waals surface area contributed by atoms with Crippen molar-refractivity contribution in [2.75, 3.05) is 5.73 Å². The minimum absolute atomic E-state index is 0.248. The molecule has 1 heterocycles. The Morgan fingerprint density at radius 2 is 1.44 bits per heavy atom. The van der Waals surface area contributed by atoms with Gasteiger partial charge in [0.2, 0.25) is 0 Å². The van der Waals surface area contributed by atoms with Gasteiger partial charge in [-0.15, -0.1) is 0 Å². The van der Waals surface area contributed by atoms with Crippen LogP contribution in [0.3, 0.4) is 0 Å². The van der Waals surface area contributed by atoms with Crippen LogP contribution in [0.25, 0.3) is 22.3 Å². The van der Waals surface area contributed by atoms with Crippen molar-refractivity contribution in [1.29, 1.82) is 0 Å². The number of aromatic amines is 1. The summed E-state index contributed by atoms with van der Waals surface area (Å²) in [5.41, 5.74) is 4.75. The molecule has 0 aliphatic carbocycles. The monoisotopic (exact) mass is 384 g/mol. The molecule has 3 rings (SSSR count). The van der Waals surface area contributed by atoms with Gasteiger partial charge in [-0.3, -0.25) is 4.79 Å². The normalized spacial score (nSPS) is 10.6. The zero-order valence-electron chi connectivity index (χ0n) is 13.7. The zero-order chi connectivity index (χ0) is 19.7. The number of nitrogen functional groups attached to an aromatic ring is 1. The van der Waals surface area contributed by atoms with E-state index in [9.17, 15) is 24.6 Å². The maximum atomic E-state index is 12.2. The van der Waals surface area contributed by atoms with E-state index < -0.39 is 34.4 Å². The number of hydrogen-bond donors (Lipinski definition) is 4. The lowest BCUT2D eigenvalue weighted by atomic mass is 9.89. The van der Waals surface area contributed by atoms with Gasteiger partial charge in [0.05, 0.1) is 0 Å². The third kappa shape index (κ3) is 3.28. The third-order valence-electron chi connectivity index (χ3n) is 4.02. The van der Waals surface area contributed by atoms with Gasteiger partial charge in [-0.2, -0.15) is 0 Å². The average Bonchev–Trinajstić information content (AvgIpc) is 2.61. The number of rotatable bonds is 4. The summed E-state index contributed by atoms with van der Waals surface area (Å²) in [5.74, 6) is -3.43. The molecule has 0 spiro atoms. The number of pyridine rings is 1. The van der Waals surface area contributed by atoms with Gasteiger partial charge < -0.3 is 20.9 Å². The summed E-state index contributed by atoms with van der Waals surface area (Å²) in [6.45, 7) is 0. The molecule has 0 fully saturated rings. The molecule has 0 unspecified atom stereocenters. The predicted octanol–water partition coefficient (Wildman–Crippen LogP) is 3.34. The molecule has 0 radical (unpaired) electrons. The fraction of sp³-hybridized carbons (Fsp3) is 0. The summed E-state index contributed by atoms with van der Waals surface area (Å²) in [6, 6.07) is 13.3. The first-order chi connectivity index (χ1) is 12.8. The second kappa shape index (κ2) is 6.97. The number of aromatic nitrogens is 1. The molecule has 0 aliphatic rings. The van der Waals surface area contributed by atoms with Gasteiger partial charge in [0.25, 0.3) is 5.56 Å². The fourth-order valence-electron chi connectivity index (χ4n) is 2.90. The molecule has 2 aromatic carbocycles. The van der Waals surface area contributed by atoms with Crippen LogP contribution < -0.4 is 11.3 Å². The van der Waals surface area contributed by atoms with Crippen molar-refractivity contribution >= 4 is 29.4 Å². The molecule has 8 heteroatoms. The Kier molecular flexibility index (Phi) is 4.70. The zero-order valence-corrected chi connectivity index (χ0v) is 14.4. The van der Waals surface area contributed by atoms with E-state index in [-0.39, 0.29) is 11.1 Å². The molecule has 3 aromatic rings. The van der Waals surface area contributed by atoms with Gasteiger partial charge in [-0.1, -0.05) is 48.0 Å². The van der Waals surface area contributed by atoms with Gasteiger partial charge in [-0.05, 0) is 28.8 Å². The average molecular weight is 385 g/mol. The van der Waals surface area contributed by atoms with Crippen LogP contribution in [0.5, 0.6) is 0 Å². The lowest BCUT2D eigenvalue weighted by Gasteiger charge is -2.16. The van der Waals surface area contributed by atoms with Crippen molar-refractivity contribution < 1.29 is 19.8 Å². The summed E-state index contributed by atoms with van der Waals surface area (Å²) in [6.07, 6.45) is 0. The van der Waals surface area contributed by atoms with Crippen molar-refractivity contribution in [3.63, 3.8) is 0 Å². The van der Waals surface area contributed by atoms with Crippen LogP contribution in [0.2, 0.25) is 5.02 Å². The molecule has 0 saturated heterocycles. The highest BCUT2D eigenvalue weighted by Crippen LogP contribution is 2.37. The van der Waals surface area contributed by atoms with Crippen molar-refractivity contribution in [3.8, 4) is 22.3 Å². The number of carboxylic acids is 2. The minimum Gasteiger partial charge on any atom is -0.478 e. The number of benzene rings is 2. The Balaban J connectivity index is 2.45. The molecule has 27 heavy (non-hydrogen) atoms. The number of anilines is 1. The molecular formula is C19H13ClN2O5. The summed E-state index contributed by atoms with van der Waals surface area (Å²) in [4.78, 5) is 37.8. The molecule has 0 bridgehead atoms. The van der Waals surface area contributed by atoms with E-state index in [0.717, 1.165) is 0 Å². The summed E-state index contributed by atoms with van der Waals surface area (Å²) in [5, 5.41) is 19.6. The molecule has 0 atom stereocenters. The van der Waals surface area contributed by atoms with Crippen LogP contribution in [0.15, 0.2) is 53.3 Å². The van der Waals surface area contributed by atoms with E-state index in [1.54, 1.807) is 42.5 Å². The highest BCUT2D eigenvalue weighted by molar-refractivity contribution is 6.30. The third-order valence-corrected chi connectivity index (χ3v) is 4.28. The van der Waals surface area contributed by atoms with Crippen LogP contribution in [-0.4, -0.2) is 27.1 Å². The molecule has 136 valence electrons. The second-order valence-corrected chi connectivity index (χ2v) is 6.09. The van der Waals surface area contributed by atoms with Crippen LogP contribution >= 0.6 is 11.6 Å². The molecule has 5 N–H and O–H groups in total. The SMILES string of the molecule is Nc1[nH]c(=O)c(C(=O)O)c(-c2ccccc2-c2ccc(Cl)cc2)c1C(=O)O. The number of H-pyrrole nitrogens is 1. The van der Waals surface area contributed by atoms with Gasteiger partial charge >= 0.3 is 11.9 Å². The first kappa shape index (κ1) is 18.2. The molecule has 1 aromatic heterocycles. The van der Waals surface area contributed by atoms with Gasteiger partial charge in [-0.25, -0.2) is 9.59 Å². The number of nitrogens with two attached hydrogens (primary N) is 1. The smallest absolute Gasteiger partial charge is 0.342 e. The van der Waals surface area contributed by atoms with E-state index >= 15 is 0 Å². The van der Waals surface area contributed by atoms with E-state index in [0.29, 0.717) is 16.1 Å². The van der Waals surface area contributed by atoms with Crippen molar-refractivity contribution in [1.82, 2.24) is 4.98 Å². The van der Waals surface area contributed by atoms with Crippen molar-refractivity contribution in [3.05, 3.63) is 75.0 Å². The highest BCUT2D eigenvalue weighted by atomic mass is 35.5.